The van der Waals surface area contributed by atoms with Gasteiger partial charge in [-0.2, -0.15) is 15.1 Å². The van der Waals surface area contributed by atoms with Gasteiger partial charge < -0.3 is 9.47 Å². The van der Waals surface area contributed by atoms with Crippen molar-refractivity contribution in [3.8, 4) is 11.8 Å². The Morgan fingerprint density at radius 1 is 1.27 bits per heavy atom. The molecule has 0 aromatic carbocycles. The molecule has 2 heterocycles. The number of carbonyl (C=O) groups excluding carboxylic acids is 1. The molecule has 0 saturated heterocycles. The second-order valence-electron chi connectivity index (χ2n) is 5.53. The molecular weight excluding hydrogens is 458 g/mol. The van der Waals surface area contributed by atoms with Crippen molar-refractivity contribution in [3.05, 3.63) is 40.8 Å². The molecule has 1 atom stereocenters. The Morgan fingerprint density at radius 3 is 2.50 bits per heavy atom. The molecule has 1 unspecified atom stereocenters. The van der Waals surface area contributed by atoms with Crippen molar-refractivity contribution < 1.29 is 22.7 Å². The summed E-state index contributed by atoms with van der Waals surface area (Å²) in [5, 5.41) is 6.16. The molecule has 3 rings (SSSR count). The van der Waals surface area contributed by atoms with Crippen LogP contribution in [0, 0.1) is 0 Å². The molecule has 1 aliphatic rings. The molecule has 0 fully saturated rings. The second-order valence-corrected chi connectivity index (χ2v) is 7.96. The number of aromatic nitrogens is 5. The lowest BCUT2D eigenvalue weighted by molar-refractivity contribution is 0.256. The summed E-state index contributed by atoms with van der Waals surface area (Å²) in [5.41, 5.74) is 0. The lowest BCUT2D eigenvalue weighted by Gasteiger charge is -2.20. The van der Waals surface area contributed by atoms with Crippen molar-refractivity contribution in [2.75, 3.05) is 19.5 Å². The number of methoxy groups -OCH3 is 2. The smallest absolute Gasteiger partial charge is 0.335 e. The molecule has 0 spiro atoms. The Kier molecular flexibility index (Phi) is 6.28. The minimum absolute atomic E-state index is 0.0236. The minimum Gasteiger partial charge on any atom is -0.481 e. The molecule has 2 aromatic rings. The second kappa shape index (κ2) is 8.73. The van der Waals surface area contributed by atoms with Crippen LogP contribution in [0.25, 0.3) is 0 Å². The summed E-state index contributed by atoms with van der Waals surface area (Å²) >= 11 is 11.2. The SMILES string of the molecule is COc1cc(OC)nc(NC(=O)NS(=O)(=O)C2=CC=CC(n3ncnc3Cl)C2=S)n1. The predicted molar refractivity (Wildman–Crippen MR) is 110 cm³/mol. The van der Waals surface area contributed by atoms with Gasteiger partial charge in [-0.15, -0.1) is 0 Å². The van der Waals surface area contributed by atoms with Crippen LogP contribution < -0.4 is 19.5 Å². The van der Waals surface area contributed by atoms with Crippen molar-refractivity contribution in [3.63, 3.8) is 0 Å². The minimum atomic E-state index is -4.34. The zero-order valence-corrected chi connectivity index (χ0v) is 17.8. The Bertz CT molecular complexity index is 1140. The van der Waals surface area contributed by atoms with E-state index in [0.717, 1.165) is 0 Å². The van der Waals surface area contributed by atoms with Gasteiger partial charge in [0.25, 0.3) is 10.0 Å². The van der Waals surface area contributed by atoms with Gasteiger partial charge in [-0.3, -0.25) is 5.32 Å². The third-order valence-electron chi connectivity index (χ3n) is 3.68. The number of urea groups is 1. The quantitative estimate of drug-likeness (QED) is 0.589. The Balaban J connectivity index is 1.77. The molecule has 0 radical (unpaired) electrons. The summed E-state index contributed by atoms with van der Waals surface area (Å²) in [6.07, 6.45) is 5.52. The van der Waals surface area contributed by atoms with Crippen LogP contribution >= 0.6 is 23.8 Å². The molecule has 15 heteroatoms. The molecule has 12 nitrogen and oxygen atoms in total. The van der Waals surface area contributed by atoms with Gasteiger partial charge in [0, 0.05) is 0 Å². The maximum Gasteiger partial charge on any atom is 0.335 e. The number of hydrogen-bond donors (Lipinski definition) is 2. The number of carbonyl (C=O) groups is 1. The lowest BCUT2D eigenvalue weighted by Crippen LogP contribution is -2.38. The molecule has 0 saturated carbocycles. The van der Waals surface area contributed by atoms with Gasteiger partial charge in [0.2, 0.25) is 23.0 Å². The van der Waals surface area contributed by atoms with Gasteiger partial charge in [-0.05, 0) is 17.7 Å². The monoisotopic (exact) mass is 471 g/mol. The number of thiocarbonyl (C=S) groups is 1. The molecule has 2 aromatic heterocycles. The largest absolute Gasteiger partial charge is 0.481 e. The number of amides is 2. The van der Waals surface area contributed by atoms with Gasteiger partial charge in [0.1, 0.15) is 17.3 Å². The van der Waals surface area contributed by atoms with E-state index >= 15 is 0 Å². The third kappa shape index (κ3) is 4.55. The van der Waals surface area contributed by atoms with Gasteiger partial charge in [-0.25, -0.2) is 27.6 Å². The number of allylic oxidation sites excluding steroid dienone is 4. The molecule has 1 aliphatic carbocycles. The summed E-state index contributed by atoms with van der Waals surface area (Å²) in [6.45, 7) is 0. The molecular formula is C15H14ClN7O5S2. The van der Waals surface area contributed by atoms with Crippen LogP contribution in [0.5, 0.6) is 11.8 Å². The number of nitrogens with zero attached hydrogens (tertiary/aromatic N) is 5. The van der Waals surface area contributed by atoms with Crippen LogP contribution in [-0.2, 0) is 10.0 Å². The van der Waals surface area contributed by atoms with Crippen LogP contribution in [0.2, 0.25) is 5.28 Å². The normalized spacial score (nSPS) is 16.0. The highest BCUT2D eigenvalue weighted by Crippen LogP contribution is 2.26. The van der Waals surface area contributed by atoms with Crippen LogP contribution in [0.1, 0.15) is 6.04 Å². The first-order valence-electron chi connectivity index (χ1n) is 8.03. The number of sulfonamides is 1. The molecule has 0 aliphatic heterocycles. The number of anilines is 1. The fourth-order valence-electron chi connectivity index (χ4n) is 2.37. The topological polar surface area (TPSA) is 150 Å². The number of hydrogen-bond acceptors (Lipinski definition) is 10. The fourth-order valence-corrected chi connectivity index (χ4v) is 4.19. The summed E-state index contributed by atoms with van der Waals surface area (Å²) in [6, 6.07) is -0.494. The predicted octanol–water partition coefficient (Wildman–Crippen LogP) is 1.25. The van der Waals surface area contributed by atoms with Crippen molar-refractivity contribution in [2.24, 2.45) is 0 Å². The van der Waals surface area contributed by atoms with E-state index in [1.807, 2.05) is 4.72 Å². The molecule has 158 valence electrons. The van der Waals surface area contributed by atoms with E-state index in [0.29, 0.717) is 0 Å². The number of halogens is 1. The van der Waals surface area contributed by atoms with E-state index in [9.17, 15) is 13.2 Å². The molecule has 30 heavy (non-hydrogen) atoms. The lowest BCUT2D eigenvalue weighted by atomic mass is 10.1. The fraction of sp³-hybridized carbons (Fsp3) is 0.200. The van der Waals surface area contributed by atoms with Crippen LogP contribution in [0.4, 0.5) is 10.7 Å². The van der Waals surface area contributed by atoms with Crippen LogP contribution in [0.3, 0.4) is 0 Å². The Labute approximate surface area is 181 Å². The average Bonchev–Trinajstić information content (AvgIpc) is 3.12. The van der Waals surface area contributed by atoms with E-state index in [2.05, 4.69) is 25.4 Å². The zero-order chi connectivity index (χ0) is 21.9. The van der Waals surface area contributed by atoms with E-state index < -0.39 is 22.1 Å². The van der Waals surface area contributed by atoms with E-state index in [4.69, 9.17) is 33.3 Å². The highest BCUT2D eigenvalue weighted by atomic mass is 35.5. The van der Waals surface area contributed by atoms with E-state index in [1.165, 1.54) is 43.4 Å². The molecule has 2 amide bonds. The summed E-state index contributed by atoms with van der Waals surface area (Å²) in [4.78, 5) is 23.5. The average molecular weight is 472 g/mol. The number of ether oxygens (including phenoxy) is 2. The van der Waals surface area contributed by atoms with E-state index in [-0.39, 0.29) is 32.8 Å². The van der Waals surface area contributed by atoms with Crippen molar-refractivity contribution >= 4 is 50.7 Å². The first-order chi connectivity index (χ1) is 14.2. The highest BCUT2D eigenvalue weighted by Gasteiger charge is 2.31. The van der Waals surface area contributed by atoms with Crippen LogP contribution in [-0.4, -0.2) is 58.3 Å². The third-order valence-corrected chi connectivity index (χ3v) is 5.94. The standard InChI is InChI=1S/C15H14ClN7O5S2/c1-27-10-6-11(28-2)20-14(19-10)21-15(24)22-30(25,26)9-5-3-4-8(12(9)29)23-13(16)17-7-18-23/h3-8H,1-2H3,(H2,19,20,21,22,24). The van der Waals surface area contributed by atoms with Gasteiger partial charge in [-0.1, -0.05) is 24.4 Å². The number of nitrogens with one attached hydrogen (secondary N) is 2. The van der Waals surface area contributed by atoms with Gasteiger partial charge in [0.15, 0.2) is 0 Å². The first-order valence-corrected chi connectivity index (χ1v) is 10.3. The summed E-state index contributed by atoms with van der Waals surface area (Å²) in [7, 11) is -1.62. The maximum absolute atomic E-state index is 12.7. The Morgan fingerprint density at radius 2 is 1.93 bits per heavy atom. The maximum atomic E-state index is 12.7. The summed E-state index contributed by atoms with van der Waals surface area (Å²) in [5.74, 6) is -0.0194. The first kappa shape index (κ1) is 21.6. The molecule has 2 N–H and O–H groups in total. The van der Waals surface area contributed by atoms with E-state index in [1.54, 1.807) is 6.08 Å². The highest BCUT2D eigenvalue weighted by molar-refractivity contribution is 7.97. The molecule has 0 bridgehead atoms. The van der Waals surface area contributed by atoms with Crippen molar-refractivity contribution in [2.45, 2.75) is 6.04 Å². The van der Waals surface area contributed by atoms with Gasteiger partial charge in [0.05, 0.1) is 25.2 Å². The Hall–Kier alpha value is -3.10. The van der Waals surface area contributed by atoms with Crippen molar-refractivity contribution in [1.29, 1.82) is 0 Å². The van der Waals surface area contributed by atoms with Crippen LogP contribution in [0.15, 0.2) is 35.5 Å². The number of rotatable bonds is 6. The summed E-state index contributed by atoms with van der Waals surface area (Å²) < 4.78 is 38.5. The zero-order valence-electron chi connectivity index (χ0n) is 15.4. The van der Waals surface area contributed by atoms with Gasteiger partial charge >= 0.3 is 6.03 Å². The van der Waals surface area contributed by atoms with Crippen molar-refractivity contribution in [1.82, 2.24) is 29.5 Å².